The monoisotopic (exact) mass is 329 g/mol. The second-order valence-corrected chi connectivity index (χ2v) is 6.27. The summed E-state index contributed by atoms with van der Waals surface area (Å²) in [5.74, 6) is -2.27. The zero-order valence-corrected chi connectivity index (χ0v) is 14.1. The zero-order valence-electron chi connectivity index (χ0n) is 14.1. The molecule has 5 nitrogen and oxygen atoms in total. The average Bonchev–Trinajstić information content (AvgIpc) is 2.55. The Morgan fingerprint density at radius 1 is 1.25 bits per heavy atom. The minimum absolute atomic E-state index is 0.0517. The molecule has 1 aromatic rings. The fourth-order valence-corrected chi connectivity index (χ4v) is 3.14. The maximum atomic E-state index is 12.6. The molecule has 0 saturated heterocycles. The van der Waals surface area contributed by atoms with Crippen LogP contribution in [0, 0.1) is 5.92 Å². The van der Waals surface area contributed by atoms with E-state index in [1.807, 2.05) is 37.3 Å². The first-order chi connectivity index (χ1) is 11.4. The molecule has 1 aliphatic rings. The Hall–Kier alpha value is -2.30. The van der Waals surface area contributed by atoms with Gasteiger partial charge in [0.15, 0.2) is 0 Å². The third-order valence-electron chi connectivity index (χ3n) is 4.36. The molecule has 2 rings (SSSR count). The zero-order chi connectivity index (χ0) is 17.7. The van der Waals surface area contributed by atoms with Crippen molar-refractivity contribution in [3.05, 3.63) is 35.9 Å². The summed E-state index contributed by atoms with van der Waals surface area (Å²) >= 11 is 0. The van der Waals surface area contributed by atoms with Gasteiger partial charge in [-0.2, -0.15) is 0 Å². The molecule has 0 aromatic heterocycles. The molecule has 0 radical (unpaired) electrons. The van der Waals surface area contributed by atoms with Crippen molar-refractivity contribution in [3.8, 4) is 0 Å². The van der Waals surface area contributed by atoms with Crippen molar-refractivity contribution in [1.29, 1.82) is 0 Å². The molecule has 24 heavy (non-hydrogen) atoms. The van der Waals surface area contributed by atoms with Crippen LogP contribution < -0.4 is 0 Å². The molecular weight excluding hydrogens is 306 g/mol. The summed E-state index contributed by atoms with van der Waals surface area (Å²) in [7, 11) is 0. The number of benzene rings is 1. The number of carboxylic acids is 1. The summed E-state index contributed by atoms with van der Waals surface area (Å²) in [5.41, 5.74) is 1.44. The normalized spacial score (nSPS) is 23.9. The van der Waals surface area contributed by atoms with Crippen LogP contribution in [0.1, 0.15) is 51.0 Å². The number of ketones is 2. The van der Waals surface area contributed by atoms with Crippen molar-refractivity contribution in [3.63, 3.8) is 0 Å². The minimum atomic E-state index is -1.06. The molecule has 1 aromatic carbocycles. The van der Waals surface area contributed by atoms with Crippen molar-refractivity contribution in [2.24, 2.45) is 10.9 Å². The molecule has 0 spiro atoms. The molecule has 0 unspecified atom stereocenters. The van der Waals surface area contributed by atoms with Crippen LogP contribution >= 0.6 is 0 Å². The Labute approximate surface area is 141 Å². The van der Waals surface area contributed by atoms with Gasteiger partial charge in [0.1, 0.15) is 23.5 Å². The Morgan fingerprint density at radius 3 is 2.50 bits per heavy atom. The van der Waals surface area contributed by atoms with Crippen LogP contribution in [0.2, 0.25) is 0 Å². The van der Waals surface area contributed by atoms with E-state index in [0.717, 1.165) is 5.56 Å². The summed E-state index contributed by atoms with van der Waals surface area (Å²) in [6, 6.07) is 8.66. The fourth-order valence-electron chi connectivity index (χ4n) is 3.14. The van der Waals surface area contributed by atoms with Crippen molar-refractivity contribution < 1.29 is 19.5 Å². The Kier molecular flexibility index (Phi) is 6.01. The summed E-state index contributed by atoms with van der Waals surface area (Å²) < 4.78 is 0. The number of hydrogen-bond donors (Lipinski definition) is 1. The van der Waals surface area contributed by atoms with Gasteiger partial charge in [-0.15, -0.1) is 0 Å². The smallest absolute Gasteiger partial charge is 0.328 e. The van der Waals surface area contributed by atoms with E-state index in [1.54, 1.807) is 0 Å². The second-order valence-electron chi connectivity index (χ2n) is 6.27. The number of aliphatic imine (C=N–C) groups is 1. The highest BCUT2D eigenvalue weighted by Gasteiger charge is 2.38. The van der Waals surface area contributed by atoms with E-state index in [0.29, 0.717) is 31.4 Å². The molecule has 3 atom stereocenters. The Balaban J connectivity index is 2.34. The Bertz CT molecular complexity index is 651. The lowest BCUT2D eigenvalue weighted by molar-refractivity contribution is -0.138. The number of Topliss-reactive ketones (excluding diaryl/α,β-unsaturated/α-hetero) is 2. The molecule has 0 aliphatic heterocycles. The number of carbonyl (C=O) groups is 3. The van der Waals surface area contributed by atoms with Gasteiger partial charge in [-0.3, -0.25) is 14.6 Å². The number of nitrogens with zero attached hydrogens (tertiary/aromatic N) is 1. The lowest BCUT2D eigenvalue weighted by Gasteiger charge is -2.29. The molecule has 1 fully saturated rings. The lowest BCUT2D eigenvalue weighted by atomic mass is 9.74. The van der Waals surface area contributed by atoms with E-state index in [2.05, 4.69) is 4.99 Å². The molecule has 0 amide bonds. The van der Waals surface area contributed by atoms with Gasteiger partial charge in [-0.25, -0.2) is 4.79 Å². The predicted octanol–water partition coefficient (Wildman–Crippen LogP) is 3.03. The molecule has 1 saturated carbocycles. The molecular formula is C19H23NO4. The van der Waals surface area contributed by atoms with Crippen LogP contribution in [0.5, 0.6) is 0 Å². The number of hydrogen-bond acceptors (Lipinski definition) is 4. The molecule has 5 heteroatoms. The number of rotatable bonds is 6. The molecule has 1 N–H and O–H groups in total. The third kappa shape index (κ3) is 4.16. The van der Waals surface area contributed by atoms with Gasteiger partial charge in [-0.1, -0.05) is 37.3 Å². The highest BCUT2D eigenvalue weighted by molar-refractivity contribution is 6.22. The quantitative estimate of drug-likeness (QED) is 0.813. The summed E-state index contributed by atoms with van der Waals surface area (Å²) in [6.45, 7) is 3.35. The van der Waals surface area contributed by atoms with Crippen molar-refractivity contribution in [2.45, 2.75) is 51.5 Å². The van der Waals surface area contributed by atoms with Gasteiger partial charge < -0.3 is 5.11 Å². The van der Waals surface area contributed by atoms with Gasteiger partial charge in [0.25, 0.3) is 0 Å². The molecule has 1 aliphatic carbocycles. The van der Waals surface area contributed by atoms with Gasteiger partial charge in [0.2, 0.25) is 0 Å². The topological polar surface area (TPSA) is 83.8 Å². The number of carboxylic acid groups (broad SMARTS) is 1. The number of carbonyl (C=O) groups excluding carboxylic acids is 2. The van der Waals surface area contributed by atoms with Gasteiger partial charge in [-0.05, 0) is 31.2 Å². The fraction of sp³-hybridized carbons (Fsp3) is 0.474. The maximum Gasteiger partial charge on any atom is 0.328 e. The SMILES string of the molecule is CCCC(=O)[C@H]1C(=O)C[C@@H](c2ccccc2)CC1=N[C@H](C)C(=O)O. The summed E-state index contributed by atoms with van der Waals surface area (Å²) in [4.78, 5) is 40.3. The van der Waals surface area contributed by atoms with Crippen LogP contribution in [0.15, 0.2) is 35.3 Å². The number of aliphatic carboxylic acids is 1. The first-order valence-electron chi connectivity index (χ1n) is 8.33. The van der Waals surface area contributed by atoms with Crippen LogP contribution in [-0.2, 0) is 14.4 Å². The largest absolute Gasteiger partial charge is 0.480 e. The van der Waals surface area contributed by atoms with E-state index in [4.69, 9.17) is 5.11 Å². The molecule has 0 heterocycles. The minimum Gasteiger partial charge on any atom is -0.480 e. The second kappa shape index (κ2) is 7.99. The third-order valence-corrected chi connectivity index (χ3v) is 4.36. The highest BCUT2D eigenvalue weighted by atomic mass is 16.4. The van der Waals surface area contributed by atoms with Gasteiger partial charge >= 0.3 is 5.97 Å². The van der Waals surface area contributed by atoms with E-state index in [-0.39, 0.29) is 17.5 Å². The van der Waals surface area contributed by atoms with Crippen LogP contribution in [0.4, 0.5) is 0 Å². The van der Waals surface area contributed by atoms with E-state index in [1.165, 1.54) is 6.92 Å². The highest BCUT2D eigenvalue weighted by Crippen LogP contribution is 2.33. The van der Waals surface area contributed by atoms with Crippen LogP contribution in [-0.4, -0.2) is 34.4 Å². The van der Waals surface area contributed by atoms with Crippen molar-refractivity contribution in [2.75, 3.05) is 0 Å². The standard InChI is InChI=1S/C19H23NO4/c1-3-7-16(21)18-15(20-12(2)19(23)24)10-14(11-17(18)22)13-8-5-4-6-9-13/h4-6,8-9,12,14,18H,3,7,10-11H2,1-2H3,(H,23,24)/t12-,14+,18+/m1/s1. The van der Waals surface area contributed by atoms with Crippen LogP contribution in [0.25, 0.3) is 0 Å². The van der Waals surface area contributed by atoms with E-state index < -0.39 is 17.9 Å². The van der Waals surface area contributed by atoms with E-state index >= 15 is 0 Å². The molecule has 0 bridgehead atoms. The van der Waals surface area contributed by atoms with Gasteiger partial charge in [0, 0.05) is 18.6 Å². The maximum absolute atomic E-state index is 12.6. The van der Waals surface area contributed by atoms with Crippen molar-refractivity contribution in [1.82, 2.24) is 0 Å². The molecule has 128 valence electrons. The summed E-state index contributed by atoms with van der Waals surface area (Å²) in [5, 5.41) is 9.11. The lowest BCUT2D eigenvalue weighted by Crippen LogP contribution is -2.39. The van der Waals surface area contributed by atoms with Crippen LogP contribution in [0.3, 0.4) is 0 Å². The van der Waals surface area contributed by atoms with Crippen molar-refractivity contribution >= 4 is 23.2 Å². The van der Waals surface area contributed by atoms with E-state index in [9.17, 15) is 14.4 Å². The summed E-state index contributed by atoms with van der Waals surface area (Å²) in [6.07, 6.45) is 1.72. The first-order valence-corrected chi connectivity index (χ1v) is 8.33. The predicted molar refractivity (Wildman–Crippen MR) is 91.4 cm³/mol. The Morgan fingerprint density at radius 2 is 1.92 bits per heavy atom. The van der Waals surface area contributed by atoms with Gasteiger partial charge in [0.05, 0.1) is 0 Å². The average molecular weight is 329 g/mol. The first kappa shape index (κ1) is 18.0.